The number of carbonyl (C=O) groups is 3. The number of unbranched alkanes of at least 4 members (excludes halogenated alkanes) is 39. The van der Waals surface area contributed by atoms with Gasteiger partial charge in [0.05, 0.1) is 40.3 Å². The van der Waals surface area contributed by atoms with Gasteiger partial charge in [-0.05, 0) is 51.4 Å². The molecule has 456 valence electrons. The second-order valence-electron chi connectivity index (χ2n) is 23.7. The molecule has 0 N–H and O–H groups in total. The maximum Gasteiger partial charge on any atom is 0.306 e. The molecule has 0 aliphatic rings. The van der Waals surface area contributed by atoms with Gasteiger partial charge in [-0.15, -0.1) is 0 Å². The Morgan fingerprint density at radius 2 is 0.731 bits per heavy atom. The number of ether oxygens (including phenoxy) is 4. The van der Waals surface area contributed by atoms with Crippen LogP contribution in [0.3, 0.4) is 0 Å². The van der Waals surface area contributed by atoms with Crippen molar-refractivity contribution in [2.75, 3.05) is 47.5 Å². The van der Waals surface area contributed by atoms with Gasteiger partial charge in [-0.1, -0.05) is 300 Å². The van der Waals surface area contributed by atoms with Crippen molar-refractivity contribution in [2.24, 2.45) is 0 Å². The number of esters is 2. The quantitative estimate of drug-likeness (QED) is 0.0195. The summed E-state index contributed by atoms with van der Waals surface area (Å²) in [5, 5.41) is 11.8. The van der Waals surface area contributed by atoms with Crippen LogP contribution in [0, 0.1) is 0 Å². The Bertz CT molecular complexity index is 1420. The first kappa shape index (κ1) is 75.2. The smallest absolute Gasteiger partial charge is 0.306 e. The van der Waals surface area contributed by atoms with Crippen LogP contribution in [0.5, 0.6) is 0 Å². The van der Waals surface area contributed by atoms with Crippen LogP contribution in [-0.4, -0.2) is 82.3 Å². The van der Waals surface area contributed by atoms with Crippen LogP contribution in [0.25, 0.3) is 0 Å². The van der Waals surface area contributed by atoms with Gasteiger partial charge in [0.1, 0.15) is 13.2 Å². The molecule has 0 saturated carbocycles. The molecule has 2 unspecified atom stereocenters. The van der Waals surface area contributed by atoms with Gasteiger partial charge in [-0.3, -0.25) is 9.59 Å². The molecule has 0 amide bonds. The molecule has 9 nitrogen and oxygen atoms in total. The van der Waals surface area contributed by atoms with Crippen LogP contribution < -0.4 is 5.11 Å². The highest BCUT2D eigenvalue weighted by atomic mass is 16.7. The van der Waals surface area contributed by atoms with E-state index in [0.29, 0.717) is 17.4 Å². The number of likely N-dealkylation sites (N-methyl/N-ethyl adjacent to an activating group) is 1. The van der Waals surface area contributed by atoms with Crippen LogP contribution in [0.4, 0.5) is 0 Å². The van der Waals surface area contributed by atoms with E-state index in [2.05, 4.69) is 62.5 Å². The number of hydrogen-bond donors (Lipinski definition) is 0. The first-order chi connectivity index (χ1) is 38.1. The number of rotatable bonds is 62. The minimum absolute atomic E-state index is 0.151. The van der Waals surface area contributed by atoms with E-state index in [1.807, 2.05) is 21.1 Å². The monoisotopic (exact) mass is 1100 g/mol. The van der Waals surface area contributed by atoms with Crippen molar-refractivity contribution in [1.29, 1.82) is 0 Å². The molecular formula is C69H127NO8. The third-order valence-electron chi connectivity index (χ3n) is 14.8. The zero-order valence-electron chi connectivity index (χ0n) is 52.0. The van der Waals surface area contributed by atoms with Crippen LogP contribution in [0.2, 0.25) is 0 Å². The van der Waals surface area contributed by atoms with Crippen molar-refractivity contribution < 1.29 is 42.9 Å². The molecule has 0 aromatic carbocycles. The SMILES string of the molecule is CC/C=C\C/C=C\C/C=C\C/C=C\CCCCCCCCCCCCCCCCCCCCCCCCC(=O)OC(COC(=O)CCCCCCCCCCCCCCCCCCCC)COC(OCC[N+](C)(C)C)C(=O)[O-]. The fraction of sp³-hybridized carbons (Fsp3) is 0.841. The highest BCUT2D eigenvalue weighted by molar-refractivity contribution is 5.70. The number of quaternary nitrogens is 1. The minimum Gasteiger partial charge on any atom is -0.545 e. The summed E-state index contributed by atoms with van der Waals surface area (Å²) in [4.78, 5) is 37.4. The van der Waals surface area contributed by atoms with Gasteiger partial charge in [-0.25, -0.2) is 0 Å². The summed E-state index contributed by atoms with van der Waals surface area (Å²) in [5.41, 5.74) is 0. The average molecular weight is 1100 g/mol. The first-order valence-corrected chi connectivity index (χ1v) is 33.3. The van der Waals surface area contributed by atoms with Gasteiger partial charge in [0.2, 0.25) is 0 Å². The highest BCUT2D eigenvalue weighted by Crippen LogP contribution is 2.18. The molecule has 0 saturated heterocycles. The summed E-state index contributed by atoms with van der Waals surface area (Å²) in [5.74, 6) is -2.26. The number of nitrogens with zero attached hydrogens (tertiary/aromatic N) is 1. The van der Waals surface area contributed by atoms with Crippen LogP contribution in [0.15, 0.2) is 48.6 Å². The van der Waals surface area contributed by atoms with E-state index in [1.54, 1.807) is 0 Å². The van der Waals surface area contributed by atoms with Crippen molar-refractivity contribution in [3.8, 4) is 0 Å². The number of allylic oxidation sites excluding steroid dienone is 8. The summed E-state index contributed by atoms with van der Waals surface area (Å²) in [6.07, 6.45) is 73.3. The van der Waals surface area contributed by atoms with Gasteiger partial charge in [0.25, 0.3) is 0 Å². The van der Waals surface area contributed by atoms with E-state index >= 15 is 0 Å². The lowest BCUT2D eigenvalue weighted by atomic mass is 10.0. The van der Waals surface area contributed by atoms with Gasteiger partial charge in [-0.2, -0.15) is 0 Å². The lowest BCUT2D eigenvalue weighted by Crippen LogP contribution is -2.44. The standard InChI is InChI=1S/C69H127NO8/c1-6-8-10-12-14-16-18-20-22-24-26-27-28-29-30-31-32-33-34-35-36-37-38-39-40-41-42-44-46-48-50-52-54-56-58-60-67(72)78-65(64-77-69(68(73)74)75-62-61-70(3,4)5)63-76-66(71)59-57-55-53-51-49-47-45-43-25-23-21-19-17-15-13-11-9-7-2/h8,10,14,16,20,22,26-27,65,69H,6-7,9,11-13,15,17-19,21,23-25,28-64H2,1-5H3/b10-8-,16-14-,22-20-,27-26-. The van der Waals surface area contributed by atoms with Gasteiger partial charge < -0.3 is 33.3 Å². The van der Waals surface area contributed by atoms with E-state index in [1.165, 1.54) is 225 Å². The van der Waals surface area contributed by atoms with Gasteiger partial charge in [0, 0.05) is 12.8 Å². The molecule has 78 heavy (non-hydrogen) atoms. The summed E-state index contributed by atoms with van der Waals surface area (Å²) < 4.78 is 22.8. The van der Waals surface area contributed by atoms with E-state index in [0.717, 1.165) is 64.2 Å². The Morgan fingerprint density at radius 3 is 1.09 bits per heavy atom. The Morgan fingerprint density at radius 1 is 0.397 bits per heavy atom. The normalized spacial score (nSPS) is 13.0. The summed E-state index contributed by atoms with van der Waals surface area (Å²) >= 11 is 0. The van der Waals surface area contributed by atoms with E-state index in [9.17, 15) is 19.5 Å². The van der Waals surface area contributed by atoms with Crippen molar-refractivity contribution in [3.05, 3.63) is 48.6 Å². The second-order valence-corrected chi connectivity index (χ2v) is 23.7. The number of aliphatic carboxylic acids is 1. The third kappa shape index (κ3) is 60.9. The maximum absolute atomic E-state index is 12.9. The molecule has 0 aliphatic carbocycles. The fourth-order valence-corrected chi connectivity index (χ4v) is 9.77. The lowest BCUT2D eigenvalue weighted by Gasteiger charge is -2.26. The van der Waals surface area contributed by atoms with Gasteiger partial charge >= 0.3 is 11.9 Å². The molecule has 9 heteroatoms. The molecule has 0 spiro atoms. The Labute approximate surface area is 482 Å². The largest absolute Gasteiger partial charge is 0.545 e. The maximum atomic E-state index is 12.9. The molecule has 2 atom stereocenters. The third-order valence-corrected chi connectivity index (χ3v) is 14.8. The zero-order chi connectivity index (χ0) is 56.9. The van der Waals surface area contributed by atoms with Crippen molar-refractivity contribution in [2.45, 2.75) is 328 Å². The summed E-state index contributed by atoms with van der Waals surface area (Å²) in [6, 6.07) is 0. The topological polar surface area (TPSA) is 111 Å². The van der Waals surface area contributed by atoms with Crippen LogP contribution >= 0.6 is 0 Å². The minimum atomic E-state index is -1.62. The van der Waals surface area contributed by atoms with E-state index in [4.69, 9.17) is 18.9 Å². The molecule has 0 bridgehead atoms. The molecule has 0 aliphatic heterocycles. The molecule has 0 radical (unpaired) electrons. The Hall–Kier alpha value is -2.75. The van der Waals surface area contributed by atoms with Crippen molar-refractivity contribution >= 4 is 17.9 Å². The van der Waals surface area contributed by atoms with Gasteiger partial charge in [0.15, 0.2) is 12.4 Å². The number of carboxylic acids is 1. The molecule has 0 fully saturated rings. The predicted octanol–water partition coefficient (Wildman–Crippen LogP) is 18.9. The molecule has 0 rings (SSSR count). The summed E-state index contributed by atoms with van der Waals surface area (Å²) in [6.45, 7) is 4.69. The Balaban J connectivity index is 4.03. The van der Waals surface area contributed by atoms with E-state index < -0.39 is 24.3 Å². The fourth-order valence-electron chi connectivity index (χ4n) is 9.77. The average Bonchev–Trinajstić information content (AvgIpc) is 3.41. The molecule has 0 aromatic rings. The summed E-state index contributed by atoms with van der Waals surface area (Å²) in [7, 11) is 5.94. The zero-order valence-corrected chi connectivity index (χ0v) is 52.0. The molecule has 0 heterocycles. The van der Waals surface area contributed by atoms with Crippen LogP contribution in [0.1, 0.15) is 316 Å². The number of carboxylic acid groups (broad SMARTS) is 1. The first-order valence-electron chi connectivity index (χ1n) is 33.3. The molecule has 0 aromatic heterocycles. The molecular weight excluding hydrogens is 971 g/mol. The van der Waals surface area contributed by atoms with E-state index in [-0.39, 0.29) is 32.2 Å². The van der Waals surface area contributed by atoms with Crippen LogP contribution in [-0.2, 0) is 33.3 Å². The Kier molecular flexibility index (Phi) is 58.2. The van der Waals surface area contributed by atoms with Crippen molar-refractivity contribution in [1.82, 2.24) is 0 Å². The number of carbonyl (C=O) groups excluding carboxylic acids is 3. The predicted molar refractivity (Wildman–Crippen MR) is 329 cm³/mol. The highest BCUT2D eigenvalue weighted by Gasteiger charge is 2.22. The number of hydrogen-bond acceptors (Lipinski definition) is 8. The van der Waals surface area contributed by atoms with Crippen molar-refractivity contribution in [3.63, 3.8) is 0 Å². The second kappa shape index (κ2) is 60.3. The lowest BCUT2D eigenvalue weighted by molar-refractivity contribution is -0.870.